The van der Waals surface area contributed by atoms with Gasteiger partial charge in [0.25, 0.3) is 0 Å². The maximum atomic E-state index is 12.4. The standard InChI is InChI=1S/C10H17F3N2O2/c11-10(12,13)7-2-5-15(6-3-7)8(1-4-14)9(16)17/h7-8H,1-6,14H2,(H,16,17). The smallest absolute Gasteiger partial charge is 0.391 e. The second-order valence-electron chi connectivity index (χ2n) is 4.28. The first-order valence-corrected chi connectivity index (χ1v) is 5.60. The molecule has 0 radical (unpaired) electrons. The first-order chi connectivity index (χ1) is 7.86. The molecule has 1 heterocycles. The van der Waals surface area contributed by atoms with Gasteiger partial charge in [-0.25, -0.2) is 0 Å². The number of carboxylic acid groups (broad SMARTS) is 1. The molecule has 1 rings (SSSR count). The van der Waals surface area contributed by atoms with Gasteiger partial charge in [-0.15, -0.1) is 0 Å². The number of rotatable bonds is 4. The van der Waals surface area contributed by atoms with Crippen molar-refractivity contribution in [3.8, 4) is 0 Å². The molecule has 7 heteroatoms. The van der Waals surface area contributed by atoms with Crippen molar-refractivity contribution in [1.82, 2.24) is 4.90 Å². The quantitative estimate of drug-likeness (QED) is 0.787. The largest absolute Gasteiger partial charge is 0.480 e. The van der Waals surface area contributed by atoms with Crippen LogP contribution in [-0.2, 0) is 4.79 Å². The summed E-state index contributed by atoms with van der Waals surface area (Å²) in [6, 6.07) is -0.755. The van der Waals surface area contributed by atoms with E-state index in [-0.39, 0.29) is 38.9 Å². The molecule has 0 bridgehead atoms. The number of likely N-dealkylation sites (tertiary alicyclic amines) is 1. The minimum absolute atomic E-state index is 0.0299. The van der Waals surface area contributed by atoms with Crippen LogP contribution in [0.4, 0.5) is 13.2 Å². The van der Waals surface area contributed by atoms with Gasteiger partial charge in [0.15, 0.2) is 0 Å². The maximum absolute atomic E-state index is 12.4. The summed E-state index contributed by atoms with van der Waals surface area (Å²) < 4.78 is 37.3. The van der Waals surface area contributed by atoms with Crippen molar-refractivity contribution < 1.29 is 23.1 Å². The van der Waals surface area contributed by atoms with Crippen LogP contribution in [-0.4, -0.2) is 47.8 Å². The van der Waals surface area contributed by atoms with Gasteiger partial charge >= 0.3 is 12.1 Å². The zero-order chi connectivity index (χ0) is 13.1. The molecule has 1 atom stereocenters. The number of piperidine rings is 1. The third kappa shape index (κ3) is 3.85. The molecule has 100 valence electrons. The van der Waals surface area contributed by atoms with E-state index in [1.165, 1.54) is 0 Å². The van der Waals surface area contributed by atoms with Crippen LogP contribution in [0.15, 0.2) is 0 Å². The number of carbonyl (C=O) groups is 1. The van der Waals surface area contributed by atoms with Crippen molar-refractivity contribution in [1.29, 1.82) is 0 Å². The molecule has 1 aliphatic heterocycles. The lowest BCUT2D eigenvalue weighted by Gasteiger charge is -2.36. The van der Waals surface area contributed by atoms with Crippen LogP contribution in [0, 0.1) is 5.92 Å². The van der Waals surface area contributed by atoms with Gasteiger partial charge in [-0.3, -0.25) is 9.69 Å². The van der Waals surface area contributed by atoms with E-state index in [1.807, 2.05) is 0 Å². The van der Waals surface area contributed by atoms with Gasteiger partial charge < -0.3 is 10.8 Å². The van der Waals surface area contributed by atoms with Gasteiger partial charge in [0.05, 0.1) is 5.92 Å². The first kappa shape index (κ1) is 14.2. The third-order valence-electron chi connectivity index (χ3n) is 3.16. The number of hydrogen-bond acceptors (Lipinski definition) is 3. The predicted octanol–water partition coefficient (Wildman–Crippen LogP) is 1.06. The lowest BCUT2D eigenvalue weighted by molar-refractivity contribution is -0.186. The highest BCUT2D eigenvalue weighted by Crippen LogP contribution is 2.34. The lowest BCUT2D eigenvalue weighted by atomic mass is 9.94. The number of hydrogen-bond donors (Lipinski definition) is 2. The summed E-state index contributed by atoms with van der Waals surface area (Å²) in [5.41, 5.74) is 5.30. The molecule has 1 fully saturated rings. The van der Waals surface area contributed by atoms with E-state index in [0.29, 0.717) is 0 Å². The average molecular weight is 254 g/mol. The molecule has 0 aromatic heterocycles. The Morgan fingerprint density at radius 3 is 2.29 bits per heavy atom. The Kier molecular flexibility index (Phi) is 4.76. The van der Waals surface area contributed by atoms with E-state index in [0.717, 1.165) is 0 Å². The number of carboxylic acids is 1. The van der Waals surface area contributed by atoms with Crippen LogP contribution in [0.25, 0.3) is 0 Å². The van der Waals surface area contributed by atoms with Crippen molar-refractivity contribution in [2.75, 3.05) is 19.6 Å². The fourth-order valence-corrected chi connectivity index (χ4v) is 2.16. The Labute approximate surface area is 97.6 Å². The Balaban J connectivity index is 2.52. The van der Waals surface area contributed by atoms with E-state index in [2.05, 4.69) is 0 Å². The second-order valence-corrected chi connectivity index (χ2v) is 4.28. The summed E-state index contributed by atoms with van der Waals surface area (Å²) in [7, 11) is 0. The first-order valence-electron chi connectivity index (χ1n) is 5.60. The molecule has 3 N–H and O–H groups in total. The molecule has 17 heavy (non-hydrogen) atoms. The molecule has 1 aliphatic rings. The molecule has 0 aromatic carbocycles. The number of aliphatic carboxylic acids is 1. The van der Waals surface area contributed by atoms with Crippen LogP contribution < -0.4 is 5.73 Å². The van der Waals surface area contributed by atoms with E-state index >= 15 is 0 Å². The zero-order valence-corrected chi connectivity index (χ0v) is 9.41. The van der Waals surface area contributed by atoms with Crippen molar-refractivity contribution in [3.05, 3.63) is 0 Å². The number of nitrogens with zero attached hydrogens (tertiary/aromatic N) is 1. The Morgan fingerprint density at radius 2 is 1.94 bits per heavy atom. The van der Waals surface area contributed by atoms with Crippen molar-refractivity contribution in [2.45, 2.75) is 31.5 Å². The van der Waals surface area contributed by atoms with Gasteiger partial charge in [-0.05, 0) is 38.9 Å². The van der Waals surface area contributed by atoms with Crippen LogP contribution >= 0.6 is 0 Å². The van der Waals surface area contributed by atoms with E-state index in [4.69, 9.17) is 10.8 Å². The van der Waals surface area contributed by atoms with Crippen LogP contribution in [0.3, 0.4) is 0 Å². The minimum atomic E-state index is -4.17. The van der Waals surface area contributed by atoms with E-state index in [9.17, 15) is 18.0 Å². The van der Waals surface area contributed by atoms with Gasteiger partial charge in [0.2, 0.25) is 0 Å². The number of alkyl halides is 3. The summed E-state index contributed by atoms with van der Waals surface area (Å²) in [4.78, 5) is 12.5. The van der Waals surface area contributed by atoms with Crippen LogP contribution in [0.1, 0.15) is 19.3 Å². The fourth-order valence-electron chi connectivity index (χ4n) is 2.16. The maximum Gasteiger partial charge on any atom is 0.391 e. The molecule has 1 saturated heterocycles. The fraction of sp³-hybridized carbons (Fsp3) is 0.900. The zero-order valence-electron chi connectivity index (χ0n) is 9.41. The SMILES string of the molecule is NCCC(C(=O)O)N1CCC(C(F)(F)F)CC1. The van der Waals surface area contributed by atoms with Crippen molar-refractivity contribution >= 4 is 5.97 Å². The Hall–Kier alpha value is -0.820. The molecular formula is C10H17F3N2O2. The van der Waals surface area contributed by atoms with E-state index in [1.54, 1.807) is 4.90 Å². The summed E-state index contributed by atoms with van der Waals surface area (Å²) in [5, 5.41) is 8.96. The molecule has 0 aliphatic carbocycles. The summed E-state index contributed by atoms with van der Waals surface area (Å²) in [5.74, 6) is -2.31. The van der Waals surface area contributed by atoms with Crippen LogP contribution in [0.5, 0.6) is 0 Å². The molecule has 0 saturated carbocycles. The highest BCUT2D eigenvalue weighted by molar-refractivity contribution is 5.73. The molecule has 0 spiro atoms. The monoisotopic (exact) mass is 254 g/mol. The molecular weight excluding hydrogens is 237 g/mol. The predicted molar refractivity (Wildman–Crippen MR) is 55.4 cm³/mol. The second kappa shape index (κ2) is 5.68. The van der Waals surface area contributed by atoms with E-state index < -0.39 is 24.1 Å². The normalized spacial score (nSPS) is 21.4. The van der Waals surface area contributed by atoms with Gasteiger partial charge in [-0.1, -0.05) is 0 Å². The van der Waals surface area contributed by atoms with Gasteiger partial charge in [-0.2, -0.15) is 13.2 Å². The van der Waals surface area contributed by atoms with Gasteiger partial charge in [0, 0.05) is 0 Å². The van der Waals surface area contributed by atoms with Gasteiger partial charge in [0.1, 0.15) is 6.04 Å². The van der Waals surface area contributed by atoms with Crippen molar-refractivity contribution in [3.63, 3.8) is 0 Å². The summed E-state index contributed by atoms with van der Waals surface area (Å²) in [6.07, 6.45) is -3.96. The summed E-state index contributed by atoms with van der Waals surface area (Å²) >= 11 is 0. The topological polar surface area (TPSA) is 66.6 Å². The third-order valence-corrected chi connectivity index (χ3v) is 3.16. The Morgan fingerprint density at radius 1 is 1.41 bits per heavy atom. The molecule has 4 nitrogen and oxygen atoms in total. The van der Waals surface area contributed by atoms with Crippen molar-refractivity contribution in [2.24, 2.45) is 11.7 Å². The number of nitrogens with two attached hydrogens (primary N) is 1. The lowest BCUT2D eigenvalue weighted by Crippen LogP contribution is -2.48. The minimum Gasteiger partial charge on any atom is -0.480 e. The Bertz CT molecular complexity index is 263. The highest BCUT2D eigenvalue weighted by Gasteiger charge is 2.42. The molecule has 1 unspecified atom stereocenters. The van der Waals surface area contributed by atoms with Crippen LogP contribution in [0.2, 0.25) is 0 Å². The molecule has 0 amide bonds. The number of halogens is 3. The highest BCUT2D eigenvalue weighted by atomic mass is 19.4. The average Bonchev–Trinajstić information content (AvgIpc) is 2.24. The summed E-state index contributed by atoms with van der Waals surface area (Å²) in [6.45, 7) is 0.554. The molecule has 0 aromatic rings.